The Morgan fingerprint density at radius 1 is 1.62 bits per heavy atom. The number of aromatic nitrogens is 1. The van der Waals surface area contributed by atoms with Gasteiger partial charge >= 0.3 is 0 Å². The Morgan fingerprint density at radius 3 is 3.15 bits per heavy atom. The normalized spacial score (nSPS) is 10.0. The Labute approximate surface area is 86.6 Å². The Bertz CT molecular complexity index is 255. The van der Waals surface area contributed by atoms with Crippen molar-refractivity contribution in [2.75, 3.05) is 19.7 Å². The lowest BCUT2D eigenvalue weighted by atomic mass is 10.4. The van der Waals surface area contributed by atoms with Crippen molar-refractivity contribution in [1.82, 2.24) is 10.3 Å². The van der Waals surface area contributed by atoms with Crippen LogP contribution >= 0.6 is 15.9 Å². The van der Waals surface area contributed by atoms with E-state index in [4.69, 9.17) is 4.74 Å². The number of nitrogens with zero attached hydrogens (tertiary/aromatic N) is 1. The minimum Gasteiger partial charge on any atom is -0.491 e. The average molecular weight is 245 g/mol. The molecule has 0 aliphatic rings. The zero-order chi connectivity index (χ0) is 9.52. The van der Waals surface area contributed by atoms with Crippen molar-refractivity contribution in [2.45, 2.75) is 6.92 Å². The van der Waals surface area contributed by atoms with E-state index in [2.05, 4.69) is 33.2 Å². The number of hydrogen-bond donors (Lipinski definition) is 1. The SMILES string of the molecule is CCNCCOc1ccncc1Br. The van der Waals surface area contributed by atoms with Crippen molar-refractivity contribution >= 4 is 15.9 Å². The van der Waals surface area contributed by atoms with E-state index in [-0.39, 0.29) is 0 Å². The molecule has 0 aliphatic carbocycles. The molecule has 0 aliphatic heterocycles. The molecule has 1 aromatic rings. The summed E-state index contributed by atoms with van der Waals surface area (Å²) in [5.74, 6) is 0.841. The molecule has 0 saturated carbocycles. The van der Waals surface area contributed by atoms with Gasteiger partial charge in [-0.25, -0.2) is 0 Å². The van der Waals surface area contributed by atoms with Crippen LogP contribution in [0, 0.1) is 0 Å². The highest BCUT2D eigenvalue weighted by atomic mass is 79.9. The van der Waals surface area contributed by atoms with Crippen molar-refractivity contribution in [3.8, 4) is 5.75 Å². The highest BCUT2D eigenvalue weighted by molar-refractivity contribution is 9.10. The van der Waals surface area contributed by atoms with Gasteiger partial charge < -0.3 is 10.1 Å². The molecule has 1 rings (SSSR count). The van der Waals surface area contributed by atoms with Crippen LogP contribution in [-0.4, -0.2) is 24.7 Å². The number of pyridine rings is 1. The minimum absolute atomic E-state index is 0.677. The third-order valence-electron chi connectivity index (χ3n) is 1.52. The van der Waals surface area contributed by atoms with Crippen LogP contribution in [0.4, 0.5) is 0 Å². The summed E-state index contributed by atoms with van der Waals surface area (Å²) in [7, 11) is 0. The molecule has 1 aromatic heterocycles. The van der Waals surface area contributed by atoms with E-state index in [9.17, 15) is 0 Å². The van der Waals surface area contributed by atoms with Gasteiger partial charge in [0.1, 0.15) is 12.4 Å². The van der Waals surface area contributed by atoms with E-state index in [0.717, 1.165) is 23.3 Å². The lowest BCUT2D eigenvalue weighted by molar-refractivity contribution is 0.313. The van der Waals surface area contributed by atoms with Crippen LogP contribution in [0.15, 0.2) is 22.9 Å². The summed E-state index contributed by atoms with van der Waals surface area (Å²) in [5, 5.41) is 3.18. The number of rotatable bonds is 5. The van der Waals surface area contributed by atoms with E-state index in [1.165, 1.54) is 0 Å². The first-order valence-corrected chi connectivity index (χ1v) is 5.07. The molecule has 4 heteroatoms. The van der Waals surface area contributed by atoms with Gasteiger partial charge in [0.15, 0.2) is 0 Å². The number of ether oxygens (including phenoxy) is 1. The third-order valence-corrected chi connectivity index (χ3v) is 2.12. The van der Waals surface area contributed by atoms with Gasteiger partial charge in [-0.1, -0.05) is 6.92 Å². The molecular weight excluding hydrogens is 232 g/mol. The second-order valence-electron chi connectivity index (χ2n) is 2.51. The fourth-order valence-corrected chi connectivity index (χ4v) is 1.25. The molecule has 0 fully saturated rings. The summed E-state index contributed by atoms with van der Waals surface area (Å²) < 4.78 is 6.38. The molecule has 1 N–H and O–H groups in total. The van der Waals surface area contributed by atoms with E-state index in [0.29, 0.717) is 6.61 Å². The Balaban J connectivity index is 2.32. The number of likely N-dealkylation sites (N-methyl/N-ethyl adjacent to an activating group) is 1. The first kappa shape index (κ1) is 10.5. The maximum absolute atomic E-state index is 5.49. The molecule has 72 valence electrons. The predicted octanol–water partition coefficient (Wildman–Crippen LogP) is 1.83. The second kappa shape index (κ2) is 5.94. The average Bonchev–Trinajstić information content (AvgIpc) is 2.15. The van der Waals surface area contributed by atoms with Crippen molar-refractivity contribution in [1.29, 1.82) is 0 Å². The Kier molecular flexibility index (Phi) is 4.78. The molecule has 0 atom stereocenters. The van der Waals surface area contributed by atoms with Gasteiger partial charge in [0.05, 0.1) is 4.47 Å². The molecule has 0 spiro atoms. The smallest absolute Gasteiger partial charge is 0.136 e. The summed E-state index contributed by atoms with van der Waals surface area (Å²) in [4.78, 5) is 3.95. The number of halogens is 1. The lowest BCUT2D eigenvalue weighted by Crippen LogP contribution is -2.20. The topological polar surface area (TPSA) is 34.1 Å². The molecule has 0 amide bonds. The van der Waals surface area contributed by atoms with Crippen LogP contribution < -0.4 is 10.1 Å². The summed E-state index contributed by atoms with van der Waals surface area (Å²) in [6.07, 6.45) is 3.44. The van der Waals surface area contributed by atoms with E-state index >= 15 is 0 Å². The van der Waals surface area contributed by atoms with Gasteiger partial charge in [-0.3, -0.25) is 4.98 Å². The summed E-state index contributed by atoms with van der Waals surface area (Å²) in [6.45, 7) is 4.59. The lowest BCUT2D eigenvalue weighted by Gasteiger charge is -2.07. The van der Waals surface area contributed by atoms with Crippen molar-refractivity contribution in [3.05, 3.63) is 22.9 Å². The van der Waals surface area contributed by atoms with Crippen molar-refractivity contribution in [2.24, 2.45) is 0 Å². The molecule has 0 aromatic carbocycles. The monoisotopic (exact) mass is 244 g/mol. The van der Waals surface area contributed by atoms with Gasteiger partial charge in [0.2, 0.25) is 0 Å². The zero-order valence-electron chi connectivity index (χ0n) is 7.59. The molecule has 0 radical (unpaired) electrons. The van der Waals surface area contributed by atoms with Gasteiger partial charge in [-0.2, -0.15) is 0 Å². The maximum Gasteiger partial charge on any atom is 0.136 e. The van der Waals surface area contributed by atoms with Crippen LogP contribution in [-0.2, 0) is 0 Å². The molecule has 3 nitrogen and oxygen atoms in total. The molecule has 0 bridgehead atoms. The second-order valence-corrected chi connectivity index (χ2v) is 3.36. The van der Waals surface area contributed by atoms with Crippen molar-refractivity contribution < 1.29 is 4.74 Å². The first-order chi connectivity index (χ1) is 6.34. The predicted molar refractivity (Wildman–Crippen MR) is 56.0 cm³/mol. The molecule has 13 heavy (non-hydrogen) atoms. The highest BCUT2D eigenvalue weighted by Gasteiger charge is 1.98. The van der Waals surface area contributed by atoms with Crippen LogP contribution in [0.25, 0.3) is 0 Å². The standard InChI is InChI=1S/C9H13BrN2O/c1-2-11-5-6-13-9-3-4-12-7-8(9)10/h3-4,7,11H,2,5-6H2,1H3. The molecular formula is C9H13BrN2O. The van der Waals surface area contributed by atoms with Gasteiger partial charge in [-0.05, 0) is 28.5 Å². The highest BCUT2D eigenvalue weighted by Crippen LogP contribution is 2.22. The molecule has 1 heterocycles. The fraction of sp³-hybridized carbons (Fsp3) is 0.444. The van der Waals surface area contributed by atoms with E-state index in [1.54, 1.807) is 12.4 Å². The first-order valence-electron chi connectivity index (χ1n) is 4.27. The maximum atomic E-state index is 5.49. The van der Waals surface area contributed by atoms with Crippen LogP contribution in [0.2, 0.25) is 0 Å². The van der Waals surface area contributed by atoms with E-state index in [1.807, 2.05) is 6.07 Å². The van der Waals surface area contributed by atoms with E-state index < -0.39 is 0 Å². The summed E-state index contributed by atoms with van der Waals surface area (Å²) in [6, 6.07) is 1.84. The Hall–Kier alpha value is -0.610. The van der Waals surface area contributed by atoms with Crippen LogP contribution in [0.1, 0.15) is 6.92 Å². The molecule has 0 unspecified atom stereocenters. The summed E-state index contributed by atoms with van der Waals surface area (Å²) >= 11 is 3.36. The van der Waals surface area contributed by atoms with Crippen molar-refractivity contribution in [3.63, 3.8) is 0 Å². The van der Waals surface area contributed by atoms with Gasteiger partial charge in [0, 0.05) is 18.9 Å². The molecule has 0 saturated heterocycles. The largest absolute Gasteiger partial charge is 0.491 e. The minimum atomic E-state index is 0.677. The quantitative estimate of drug-likeness (QED) is 0.803. The van der Waals surface area contributed by atoms with Gasteiger partial charge in [0.25, 0.3) is 0 Å². The van der Waals surface area contributed by atoms with Crippen LogP contribution in [0.3, 0.4) is 0 Å². The third kappa shape index (κ3) is 3.74. The number of hydrogen-bond acceptors (Lipinski definition) is 3. The Morgan fingerprint density at radius 2 is 2.46 bits per heavy atom. The van der Waals surface area contributed by atoms with Crippen LogP contribution in [0.5, 0.6) is 5.75 Å². The number of nitrogens with one attached hydrogen (secondary N) is 1. The van der Waals surface area contributed by atoms with Gasteiger partial charge in [-0.15, -0.1) is 0 Å². The zero-order valence-corrected chi connectivity index (χ0v) is 9.17. The summed E-state index contributed by atoms with van der Waals surface area (Å²) in [5.41, 5.74) is 0. The fourth-order valence-electron chi connectivity index (χ4n) is 0.889.